The van der Waals surface area contributed by atoms with Crippen LogP contribution in [0.25, 0.3) is 0 Å². The van der Waals surface area contributed by atoms with Crippen molar-refractivity contribution in [3.63, 3.8) is 0 Å². The summed E-state index contributed by atoms with van der Waals surface area (Å²) in [7, 11) is -3.54. The average molecular weight is 454 g/mol. The second kappa shape index (κ2) is 9.99. The number of carbonyl (C=O) groups excluding carboxylic acids is 1. The quantitative estimate of drug-likeness (QED) is 0.677. The molecule has 0 radical (unpaired) electrons. The third-order valence-corrected chi connectivity index (χ3v) is 9.19. The van der Waals surface area contributed by atoms with E-state index < -0.39 is 10.0 Å². The van der Waals surface area contributed by atoms with E-state index in [-0.39, 0.29) is 16.8 Å². The predicted molar refractivity (Wildman–Crippen MR) is 118 cm³/mol. The van der Waals surface area contributed by atoms with Gasteiger partial charge in [0.25, 0.3) is 5.91 Å². The van der Waals surface area contributed by atoms with Crippen molar-refractivity contribution < 1.29 is 17.9 Å². The number of hydrogen-bond acceptors (Lipinski definition) is 6. The Morgan fingerprint density at radius 2 is 1.70 bits per heavy atom. The molecule has 1 aromatic rings. The molecule has 0 bridgehead atoms. The van der Waals surface area contributed by atoms with Crippen LogP contribution < -0.4 is 0 Å². The lowest BCUT2D eigenvalue weighted by atomic mass is 10.1. The van der Waals surface area contributed by atoms with Crippen LogP contribution in [0.1, 0.15) is 29.6 Å². The predicted octanol–water partition coefficient (Wildman–Crippen LogP) is 1.75. The van der Waals surface area contributed by atoms with Crippen LogP contribution in [-0.4, -0.2) is 98.5 Å². The van der Waals surface area contributed by atoms with Gasteiger partial charge >= 0.3 is 0 Å². The zero-order chi connectivity index (χ0) is 21.0. The van der Waals surface area contributed by atoms with Gasteiger partial charge in [0.05, 0.1) is 24.2 Å². The Hall–Kier alpha value is -1.13. The molecule has 4 rings (SSSR count). The molecule has 3 heterocycles. The average Bonchev–Trinajstić information content (AvgIpc) is 3.18. The van der Waals surface area contributed by atoms with Crippen LogP contribution in [0.5, 0.6) is 0 Å². The maximum absolute atomic E-state index is 13.3. The molecule has 30 heavy (non-hydrogen) atoms. The monoisotopic (exact) mass is 453 g/mol. The highest BCUT2D eigenvalue weighted by atomic mass is 32.2. The fraction of sp³-hybridized carbons (Fsp3) is 0.667. The molecule has 9 heteroatoms. The van der Waals surface area contributed by atoms with Crippen LogP contribution in [0.4, 0.5) is 0 Å². The van der Waals surface area contributed by atoms with Crippen molar-refractivity contribution in [3.05, 3.63) is 29.8 Å². The number of sulfonamides is 1. The van der Waals surface area contributed by atoms with Gasteiger partial charge in [0.1, 0.15) is 0 Å². The molecule has 0 spiro atoms. The topological polar surface area (TPSA) is 70.2 Å². The number of morpholine rings is 1. The zero-order valence-corrected chi connectivity index (χ0v) is 19.0. The SMILES string of the molecule is O=C(c1ccc(S(=O)(=O)N2CCOCC2)cc1)N1CCCSCC1CN1CCCC1. The van der Waals surface area contributed by atoms with E-state index in [2.05, 4.69) is 4.90 Å². The number of likely N-dealkylation sites (tertiary alicyclic amines) is 1. The Bertz CT molecular complexity index is 819. The minimum atomic E-state index is -3.54. The molecule has 0 N–H and O–H groups in total. The standard InChI is InChI=1S/C21H31N3O4S2/c25-21(24-10-3-15-29-17-19(24)16-22-8-1-2-9-22)18-4-6-20(7-5-18)30(26,27)23-11-13-28-14-12-23/h4-7,19H,1-3,8-17H2. The number of thioether (sulfide) groups is 1. The molecule has 1 atom stereocenters. The first kappa shape index (κ1) is 22.1. The summed E-state index contributed by atoms with van der Waals surface area (Å²) in [6.07, 6.45) is 3.48. The number of amides is 1. The van der Waals surface area contributed by atoms with Gasteiger partial charge in [-0.1, -0.05) is 0 Å². The molecule has 166 valence electrons. The van der Waals surface area contributed by atoms with Crippen LogP contribution in [0.15, 0.2) is 29.2 Å². The van der Waals surface area contributed by atoms with E-state index in [1.54, 1.807) is 24.3 Å². The number of nitrogens with zero attached hydrogens (tertiary/aromatic N) is 3. The molecule has 1 unspecified atom stereocenters. The largest absolute Gasteiger partial charge is 0.379 e. The second-order valence-corrected chi connectivity index (χ2v) is 11.2. The van der Waals surface area contributed by atoms with Gasteiger partial charge in [-0.15, -0.1) is 0 Å². The molecule has 7 nitrogen and oxygen atoms in total. The van der Waals surface area contributed by atoms with E-state index in [0.29, 0.717) is 31.9 Å². The van der Waals surface area contributed by atoms with Crippen LogP contribution in [0.2, 0.25) is 0 Å². The van der Waals surface area contributed by atoms with Gasteiger partial charge in [0.2, 0.25) is 10.0 Å². The molecule has 0 aromatic heterocycles. The van der Waals surface area contributed by atoms with Crippen molar-refractivity contribution >= 4 is 27.7 Å². The highest BCUT2D eigenvalue weighted by molar-refractivity contribution is 7.99. The maximum atomic E-state index is 13.3. The number of benzene rings is 1. The molecule has 3 fully saturated rings. The molecular formula is C21H31N3O4S2. The third-order valence-electron chi connectivity index (χ3n) is 6.08. The third kappa shape index (κ3) is 5.02. The van der Waals surface area contributed by atoms with E-state index >= 15 is 0 Å². The summed E-state index contributed by atoms with van der Waals surface area (Å²) in [5.41, 5.74) is 0.564. The fourth-order valence-electron chi connectivity index (χ4n) is 4.38. The highest BCUT2D eigenvalue weighted by Gasteiger charge is 2.30. The lowest BCUT2D eigenvalue weighted by Gasteiger charge is -2.33. The molecule has 1 aromatic carbocycles. The molecule has 3 aliphatic heterocycles. The van der Waals surface area contributed by atoms with E-state index in [9.17, 15) is 13.2 Å². The summed E-state index contributed by atoms with van der Waals surface area (Å²) in [5, 5.41) is 0. The Labute approximate surface area is 183 Å². The summed E-state index contributed by atoms with van der Waals surface area (Å²) in [6.45, 7) is 5.51. The van der Waals surface area contributed by atoms with E-state index in [1.165, 1.54) is 17.1 Å². The van der Waals surface area contributed by atoms with E-state index in [0.717, 1.165) is 44.1 Å². The van der Waals surface area contributed by atoms with Crippen LogP contribution in [0.3, 0.4) is 0 Å². The van der Waals surface area contributed by atoms with E-state index in [4.69, 9.17) is 4.74 Å². The maximum Gasteiger partial charge on any atom is 0.254 e. The normalized spacial score (nSPS) is 24.7. The number of rotatable bonds is 5. The van der Waals surface area contributed by atoms with Crippen molar-refractivity contribution in [2.75, 3.05) is 64.0 Å². The van der Waals surface area contributed by atoms with E-state index in [1.807, 2.05) is 16.7 Å². The van der Waals surface area contributed by atoms with Gasteiger partial charge in [0.15, 0.2) is 0 Å². The summed E-state index contributed by atoms with van der Waals surface area (Å²) in [4.78, 5) is 18.0. The van der Waals surface area contributed by atoms with Crippen molar-refractivity contribution in [2.45, 2.75) is 30.2 Å². The van der Waals surface area contributed by atoms with Gasteiger partial charge in [-0.3, -0.25) is 4.79 Å². The summed E-state index contributed by atoms with van der Waals surface area (Å²) >= 11 is 1.93. The lowest BCUT2D eigenvalue weighted by molar-refractivity contribution is 0.0666. The first-order valence-corrected chi connectivity index (χ1v) is 13.4. The molecular weight excluding hydrogens is 422 g/mol. The summed E-state index contributed by atoms with van der Waals surface area (Å²) in [6, 6.07) is 6.68. The molecule has 3 saturated heterocycles. The summed E-state index contributed by atoms with van der Waals surface area (Å²) in [5.74, 6) is 2.06. The number of carbonyl (C=O) groups is 1. The minimum Gasteiger partial charge on any atom is -0.379 e. The van der Waals surface area contributed by atoms with Crippen molar-refractivity contribution in [1.82, 2.24) is 14.1 Å². The Kier molecular flexibility index (Phi) is 7.36. The first-order chi connectivity index (χ1) is 14.6. The van der Waals surface area contributed by atoms with Crippen LogP contribution in [0, 0.1) is 0 Å². The lowest BCUT2D eigenvalue weighted by Crippen LogP contribution is -2.47. The first-order valence-electron chi connectivity index (χ1n) is 10.8. The zero-order valence-electron chi connectivity index (χ0n) is 17.4. The highest BCUT2D eigenvalue weighted by Crippen LogP contribution is 2.23. The van der Waals surface area contributed by atoms with Gasteiger partial charge < -0.3 is 14.5 Å². The fourth-order valence-corrected chi connectivity index (χ4v) is 6.85. The molecule has 1 amide bonds. The van der Waals surface area contributed by atoms with Gasteiger partial charge in [-0.25, -0.2) is 8.42 Å². The Balaban J connectivity index is 1.48. The molecule has 0 aliphatic carbocycles. The van der Waals surface area contributed by atoms with Crippen LogP contribution in [-0.2, 0) is 14.8 Å². The van der Waals surface area contributed by atoms with Gasteiger partial charge in [0, 0.05) is 37.5 Å². The van der Waals surface area contributed by atoms with Gasteiger partial charge in [-0.05, 0) is 62.4 Å². The molecule has 0 saturated carbocycles. The smallest absolute Gasteiger partial charge is 0.254 e. The Morgan fingerprint density at radius 3 is 2.40 bits per heavy atom. The Morgan fingerprint density at radius 1 is 1.00 bits per heavy atom. The van der Waals surface area contributed by atoms with Crippen LogP contribution >= 0.6 is 11.8 Å². The van der Waals surface area contributed by atoms with Gasteiger partial charge in [-0.2, -0.15) is 16.1 Å². The number of hydrogen-bond donors (Lipinski definition) is 0. The summed E-state index contributed by atoms with van der Waals surface area (Å²) < 4.78 is 32.4. The molecule has 3 aliphatic rings. The van der Waals surface area contributed by atoms with Crippen molar-refractivity contribution in [1.29, 1.82) is 0 Å². The van der Waals surface area contributed by atoms with Crippen molar-refractivity contribution in [2.24, 2.45) is 0 Å². The minimum absolute atomic E-state index is 0.0111. The van der Waals surface area contributed by atoms with Crippen molar-refractivity contribution in [3.8, 4) is 0 Å². The second-order valence-electron chi connectivity index (χ2n) is 8.13. The number of ether oxygens (including phenoxy) is 1.